The molecule has 2 aliphatic rings. The fourth-order valence-corrected chi connectivity index (χ4v) is 3.10. The smallest absolute Gasteiger partial charge is 0.231 e. The highest BCUT2D eigenvalue weighted by molar-refractivity contribution is 5.79. The summed E-state index contributed by atoms with van der Waals surface area (Å²) < 4.78 is 10.6. The molecule has 0 spiro atoms. The zero-order valence-electron chi connectivity index (χ0n) is 12.0. The summed E-state index contributed by atoms with van der Waals surface area (Å²) in [5, 5.41) is 12.3. The summed E-state index contributed by atoms with van der Waals surface area (Å²) in [4.78, 5) is 12.1. The fourth-order valence-electron chi connectivity index (χ4n) is 3.10. The molecule has 5 heteroatoms. The lowest BCUT2D eigenvalue weighted by molar-refractivity contribution is -0.121. The average Bonchev–Trinajstić information content (AvgIpc) is 2.95. The molecule has 2 atom stereocenters. The maximum atomic E-state index is 12.1. The molecule has 0 unspecified atom stereocenters. The lowest BCUT2D eigenvalue weighted by atomic mass is 9.86. The molecule has 1 aromatic rings. The van der Waals surface area contributed by atoms with Crippen LogP contribution in [0.5, 0.6) is 11.5 Å². The molecule has 21 heavy (non-hydrogen) atoms. The number of amides is 1. The summed E-state index contributed by atoms with van der Waals surface area (Å²) in [6, 6.07) is 5.79. The highest BCUT2D eigenvalue weighted by Gasteiger charge is 2.23. The number of fused-ring (bicyclic) bond motifs is 1. The molecule has 0 radical (unpaired) electrons. The Kier molecular flexibility index (Phi) is 4.29. The molecule has 0 saturated heterocycles. The molecule has 1 aliphatic heterocycles. The first-order chi connectivity index (χ1) is 10.2. The normalized spacial score (nSPS) is 23.9. The molecule has 1 saturated carbocycles. The predicted molar refractivity (Wildman–Crippen MR) is 77.2 cm³/mol. The van der Waals surface area contributed by atoms with E-state index in [0.29, 0.717) is 18.1 Å². The number of aliphatic hydroxyl groups is 1. The van der Waals surface area contributed by atoms with Gasteiger partial charge in [-0.1, -0.05) is 12.5 Å². The number of ether oxygens (including phenoxy) is 2. The summed E-state index contributed by atoms with van der Waals surface area (Å²) in [5.74, 6) is 1.79. The van der Waals surface area contributed by atoms with Crippen molar-refractivity contribution in [2.24, 2.45) is 5.92 Å². The number of nitrogens with one attached hydrogen (secondary N) is 1. The monoisotopic (exact) mass is 291 g/mol. The fraction of sp³-hybridized carbons (Fsp3) is 0.562. The molecule has 2 N–H and O–H groups in total. The van der Waals surface area contributed by atoms with Gasteiger partial charge in [0.25, 0.3) is 0 Å². The van der Waals surface area contributed by atoms with E-state index in [2.05, 4.69) is 5.32 Å². The molecule has 114 valence electrons. The molecule has 1 amide bonds. The van der Waals surface area contributed by atoms with Gasteiger partial charge in [-0.3, -0.25) is 4.79 Å². The zero-order valence-corrected chi connectivity index (χ0v) is 12.0. The lowest BCUT2D eigenvalue weighted by Gasteiger charge is -2.28. The minimum Gasteiger partial charge on any atom is -0.454 e. The van der Waals surface area contributed by atoms with Crippen LogP contribution in [-0.2, 0) is 11.2 Å². The molecule has 1 heterocycles. The second kappa shape index (κ2) is 6.35. The van der Waals surface area contributed by atoms with Crippen LogP contribution in [0.1, 0.15) is 31.2 Å². The van der Waals surface area contributed by atoms with Crippen LogP contribution < -0.4 is 14.8 Å². The van der Waals surface area contributed by atoms with Crippen LogP contribution in [0, 0.1) is 5.92 Å². The Morgan fingerprint density at radius 3 is 3.00 bits per heavy atom. The molecule has 1 aromatic carbocycles. The Balaban J connectivity index is 1.54. The number of benzene rings is 1. The van der Waals surface area contributed by atoms with E-state index < -0.39 is 0 Å². The van der Waals surface area contributed by atoms with Gasteiger partial charge in [0, 0.05) is 12.6 Å². The van der Waals surface area contributed by atoms with Crippen molar-refractivity contribution in [3.05, 3.63) is 23.8 Å². The largest absolute Gasteiger partial charge is 0.454 e. The molecular weight excluding hydrogens is 270 g/mol. The maximum Gasteiger partial charge on any atom is 0.231 e. The Hall–Kier alpha value is -1.75. The van der Waals surface area contributed by atoms with Crippen LogP contribution >= 0.6 is 0 Å². The zero-order chi connectivity index (χ0) is 14.7. The van der Waals surface area contributed by atoms with Crippen molar-refractivity contribution in [3.63, 3.8) is 0 Å². The van der Waals surface area contributed by atoms with Gasteiger partial charge in [-0.05, 0) is 42.9 Å². The van der Waals surface area contributed by atoms with Crippen molar-refractivity contribution in [1.82, 2.24) is 5.32 Å². The number of hydrogen-bond acceptors (Lipinski definition) is 4. The molecule has 0 bridgehead atoms. The molecule has 0 aromatic heterocycles. The first kappa shape index (κ1) is 14.2. The summed E-state index contributed by atoms with van der Waals surface area (Å²) in [7, 11) is 0. The standard InChI is InChI=1S/C16H21NO4/c18-9-12-2-1-3-13(6-12)17-16(19)8-11-4-5-14-15(7-11)21-10-20-14/h4-5,7,12-13,18H,1-3,6,8-10H2,(H,17,19)/t12-,13-/m1/s1. The second-order valence-corrected chi connectivity index (χ2v) is 5.84. The molecular formula is C16H21NO4. The van der Waals surface area contributed by atoms with E-state index in [-0.39, 0.29) is 25.3 Å². The van der Waals surface area contributed by atoms with Crippen LogP contribution in [0.15, 0.2) is 18.2 Å². The van der Waals surface area contributed by atoms with Gasteiger partial charge < -0.3 is 19.9 Å². The van der Waals surface area contributed by atoms with E-state index in [4.69, 9.17) is 9.47 Å². The van der Waals surface area contributed by atoms with Crippen LogP contribution in [0.3, 0.4) is 0 Å². The highest BCUT2D eigenvalue weighted by Crippen LogP contribution is 2.32. The van der Waals surface area contributed by atoms with Crippen LogP contribution in [-0.4, -0.2) is 30.5 Å². The van der Waals surface area contributed by atoms with Gasteiger partial charge in [-0.25, -0.2) is 0 Å². The average molecular weight is 291 g/mol. The van der Waals surface area contributed by atoms with Crippen molar-refractivity contribution < 1.29 is 19.4 Å². The summed E-state index contributed by atoms with van der Waals surface area (Å²) >= 11 is 0. The quantitative estimate of drug-likeness (QED) is 0.884. The second-order valence-electron chi connectivity index (χ2n) is 5.84. The Bertz CT molecular complexity index is 517. The van der Waals surface area contributed by atoms with E-state index >= 15 is 0 Å². The number of rotatable bonds is 4. The summed E-state index contributed by atoms with van der Waals surface area (Å²) in [6.45, 7) is 0.462. The van der Waals surface area contributed by atoms with Gasteiger partial charge in [-0.2, -0.15) is 0 Å². The van der Waals surface area contributed by atoms with Gasteiger partial charge in [0.2, 0.25) is 12.7 Å². The van der Waals surface area contributed by atoms with Gasteiger partial charge in [-0.15, -0.1) is 0 Å². The third kappa shape index (κ3) is 3.47. The number of carbonyl (C=O) groups excluding carboxylic acids is 1. The maximum absolute atomic E-state index is 12.1. The number of hydrogen-bond donors (Lipinski definition) is 2. The van der Waals surface area contributed by atoms with E-state index in [0.717, 1.165) is 37.0 Å². The molecule has 3 rings (SSSR count). The van der Waals surface area contributed by atoms with Crippen LogP contribution in [0.2, 0.25) is 0 Å². The third-order valence-electron chi connectivity index (χ3n) is 4.21. The van der Waals surface area contributed by atoms with E-state index in [1.54, 1.807) is 0 Å². The molecule has 5 nitrogen and oxygen atoms in total. The third-order valence-corrected chi connectivity index (χ3v) is 4.21. The summed E-state index contributed by atoms with van der Waals surface area (Å²) in [5.41, 5.74) is 0.922. The predicted octanol–water partition coefficient (Wildman–Crippen LogP) is 1.63. The minimum absolute atomic E-state index is 0.0254. The van der Waals surface area contributed by atoms with E-state index in [9.17, 15) is 9.90 Å². The van der Waals surface area contributed by atoms with E-state index in [1.165, 1.54) is 0 Å². The van der Waals surface area contributed by atoms with Crippen LogP contribution in [0.4, 0.5) is 0 Å². The van der Waals surface area contributed by atoms with E-state index in [1.807, 2.05) is 18.2 Å². The summed E-state index contributed by atoms with van der Waals surface area (Å²) in [6.07, 6.45) is 4.36. The van der Waals surface area contributed by atoms with Crippen molar-refractivity contribution in [2.45, 2.75) is 38.1 Å². The van der Waals surface area contributed by atoms with Gasteiger partial charge in [0.15, 0.2) is 11.5 Å². The number of carbonyl (C=O) groups is 1. The lowest BCUT2D eigenvalue weighted by Crippen LogP contribution is -2.39. The van der Waals surface area contributed by atoms with Crippen molar-refractivity contribution >= 4 is 5.91 Å². The minimum atomic E-state index is 0.0254. The van der Waals surface area contributed by atoms with Crippen LogP contribution in [0.25, 0.3) is 0 Å². The topological polar surface area (TPSA) is 67.8 Å². The van der Waals surface area contributed by atoms with Crippen molar-refractivity contribution in [1.29, 1.82) is 0 Å². The Morgan fingerprint density at radius 1 is 1.29 bits per heavy atom. The van der Waals surface area contributed by atoms with Crippen molar-refractivity contribution in [2.75, 3.05) is 13.4 Å². The Labute approximate surface area is 124 Å². The van der Waals surface area contributed by atoms with Gasteiger partial charge in [0.1, 0.15) is 0 Å². The first-order valence-corrected chi connectivity index (χ1v) is 7.53. The molecule has 1 fully saturated rings. The Morgan fingerprint density at radius 2 is 2.14 bits per heavy atom. The van der Waals surface area contributed by atoms with Crippen molar-refractivity contribution in [3.8, 4) is 11.5 Å². The van der Waals surface area contributed by atoms with Gasteiger partial charge >= 0.3 is 0 Å². The first-order valence-electron chi connectivity index (χ1n) is 7.53. The van der Waals surface area contributed by atoms with Gasteiger partial charge in [0.05, 0.1) is 6.42 Å². The molecule has 1 aliphatic carbocycles. The highest BCUT2D eigenvalue weighted by atomic mass is 16.7. The number of aliphatic hydroxyl groups excluding tert-OH is 1. The SMILES string of the molecule is O=C(Cc1ccc2c(c1)OCO2)N[C@@H]1CCC[C@@H](CO)C1.